The molecule has 2 aliphatic rings. The highest BCUT2D eigenvalue weighted by molar-refractivity contribution is 6.98. The fourth-order valence-corrected chi connectivity index (χ4v) is 8.73. The molecule has 8 aromatic rings. The first kappa shape index (κ1) is 27.3. The largest absolute Gasteiger partial charge is 0.280 e. The van der Waals surface area contributed by atoms with Gasteiger partial charge in [0.2, 0.25) is 12.5 Å². The van der Waals surface area contributed by atoms with E-state index in [9.17, 15) is 0 Å². The first-order valence-corrected chi connectivity index (χ1v) is 17.1. The molecule has 10 rings (SSSR count). The molecule has 0 saturated heterocycles. The van der Waals surface area contributed by atoms with Gasteiger partial charge in [0.05, 0.1) is 27.8 Å². The highest BCUT2D eigenvalue weighted by Gasteiger charge is 2.37. The Kier molecular flexibility index (Phi) is 5.20. The molecule has 0 atom stereocenters. The zero-order chi connectivity index (χ0) is 32.0. The molecular weight excluding hydrogens is 569 g/mol. The van der Waals surface area contributed by atoms with Crippen molar-refractivity contribution in [2.45, 2.75) is 65.2 Å². The van der Waals surface area contributed by atoms with E-state index in [-0.39, 0.29) is 17.5 Å². The van der Waals surface area contributed by atoms with Crippen LogP contribution in [0.3, 0.4) is 0 Å². The van der Waals surface area contributed by atoms with E-state index in [1.165, 1.54) is 82.4 Å². The summed E-state index contributed by atoms with van der Waals surface area (Å²) in [5, 5.41) is 5.36. The number of benzene rings is 6. The molecule has 0 unspecified atom stereocenters. The standard InChI is InChI=1S/C43H38BN3/c1-42(2,3)28-15-18-30(19-16-28)44-32-20-13-25-9-7-8-10-31(25)39(32)47-40-33(44)23-27-12-11-26-14-21-36(38(40)37(26)27)46-35-22-17-29(43(4,5)6)24-34(35)45-41(46)47/h7-10,13-24H,11-12H2,1-6H3. The van der Waals surface area contributed by atoms with Crippen molar-refractivity contribution in [3.05, 3.63) is 119 Å². The lowest BCUT2D eigenvalue weighted by Gasteiger charge is -2.32. The van der Waals surface area contributed by atoms with Crippen LogP contribution in [0.25, 0.3) is 55.1 Å². The number of imidazole rings is 1. The third-order valence-corrected chi connectivity index (χ3v) is 11.1. The average Bonchev–Trinajstić information content (AvgIpc) is 3.65. The van der Waals surface area contributed by atoms with E-state index in [0.29, 0.717) is 0 Å². The lowest BCUT2D eigenvalue weighted by Crippen LogP contribution is -2.56. The Morgan fingerprint density at radius 1 is 0.638 bits per heavy atom. The molecule has 0 amide bonds. The average molecular weight is 608 g/mol. The lowest BCUT2D eigenvalue weighted by molar-refractivity contribution is 0.590. The van der Waals surface area contributed by atoms with Gasteiger partial charge in [-0.2, -0.15) is 0 Å². The van der Waals surface area contributed by atoms with Crippen LogP contribution in [0, 0.1) is 0 Å². The van der Waals surface area contributed by atoms with Crippen molar-refractivity contribution in [3.63, 3.8) is 0 Å². The number of rotatable bonds is 1. The second-order valence-corrected chi connectivity index (χ2v) is 16.0. The van der Waals surface area contributed by atoms with Gasteiger partial charge >= 0.3 is 0 Å². The van der Waals surface area contributed by atoms with Gasteiger partial charge in [-0.3, -0.25) is 8.97 Å². The Labute approximate surface area is 275 Å². The topological polar surface area (TPSA) is 22.2 Å². The molecule has 4 heteroatoms. The minimum absolute atomic E-state index is 0.0424. The third-order valence-electron chi connectivity index (χ3n) is 11.1. The van der Waals surface area contributed by atoms with E-state index in [1.54, 1.807) is 0 Å². The van der Waals surface area contributed by atoms with Crippen LogP contribution in [0.1, 0.15) is 63.8 Å². The maximum atomic E-state index is 5.53. The molecule has 3 heterocycles. The molecule has 0 fully saturated rings. The second kappa shape index (κ2) is 8.95. The predicted octanol–water partition coefficient (Wildman–Crippen LogP) is 8.26. The SMILES string of the molecule is CC(C)(C)c1ccc(B2c3ccc4ccccc4c3-n3c4c2cc2c5c(ccc(c54)n4c5ccc(C(C)(C)C)cc5nc34)CC2)cc1. The quantitative estimate of drug-likeness (QED) is 0.172. The van der Waals surface area contributed by atoms with E-state index >= 15 is 0 Å². The molecule has 47 heavy (non-hydrogen) atoms. The molecule has 0 bridgehead atoms. The summed E-state index contributed by atoms with van der Waals surface area (Å²) in [6.45, 7) is 13.9. The molecule has 1 aliphatic heterocycles. The molecule has 0 radical (unpaired) electrons. The molecule has 0 saturated carbocycles. The van der Waals surface area contributed by atoms with Gasteiger partial charge in [0.1, 0.15) is 0 Å². The second-order valence-electron chi connectivity index (χ2n) is 16.0. The van der Waals surface area contributed by atoms with E-state index in [1.807, 2.05) is 0 Å². The monoisotopic (exact) mass is 607 g/mol. The van der Waals surface area contributed by atoms with Crippen LogP contribution in [0.4, 0.5) is 0 Å². The Balaban J connectivity index is 1.43. The summed E-state index contributed by atoms with van der Waals surface area (Å²) in [5.74, 6) is 0.986. The van der Waals surface area contributed by atoms with Crippen LogP contribution in [-0.4, -0.2) is 20.7 Å². The summed E-state index contributed by atoms with van der Waals surface area (Å²) >= 11 is 0. The van der Waals surface area contributed by atoms with Gasteiger partial charge in [0.15, 0.2) is 0 Å². The normalized spacial score (nSPS) is 14.4. The molecule has 1 aliphatic carbocycles. The van der Waals surface area contributed by atoms with Crippen LogP contribution >= 0.6 is 0 Å². The van der Waals surface area contributed by atoms with Crippen LogP contribution in [0.2, 0.25) is 0 Å². The van der Waals surface area contributed by atoms with Gasteiger partial charge in [0.25, 0.3) is 0 Å². The number of aryl methyl sites for hydroxylation is 2. The van der Waals surface area contributed by atoms with E-state index in [0.717, 1.165) is 24.1 Å². The highest BCUT2D eigenvalue weighted by Crippen LogP contribution is 2.41. The van der Waals surface area contributed by atoms with E-state index in [4.69, 9.17) is 4.98 Å². The molecule has 6 aromatic carbocycles. The Bertz CT molecular complexity index is 2640. The van der Waals surface area contributed by atoms with Crippen LogP contribution < -0.4 is 16.4 Å². The first-order chi connectivity index (χ1) is 22.6. The highest BCUT2D eigenvalue weighted by atomic mass is 15.2. The van der Waals surface area contributed by atoms with E-state index in [2.05, 4.69) is 148 Å². The summed E-state index contributed by atoms with van der Waals surface area (Å²) in [6, 6.07) is 37.3. The maximum absolute atomic E-state index is 5.53. The van der Waals surface area contributed by atoms with Crippen molar-refractivity contribution in [1.82, 2.24) is 14.0 Å². The Morgan fingerprint density at radius 3 is 2.15 bits per heavy atom. The minimum atomic E-state index is 0.0424. The zero-order valence-electron chi connectivity index (χ0n) is 28.1. The predicted molar refractivity (Wildman–Crippen MR) is 200 cm³/mol. The molecular formula is C43H38BN3. The van der Waals surface area contributed by atoms with Crippen molar-refractivity contribution >= 4 is 72.5 Å². The lowest BCUT2D eigenvalue weighted by atomic mass is 9.35. The number of nitrogens with zero attached hydrogens (tertiary/aromatic N) is 3. The zero-order valence-corrected chi connectivity index (χ0v) is 28.1. The van der Waals surface area contributed by atoms with Crippen LogP contribution in [0.5, 0.6) is 0 Å². The summed E-state index contributed by atoms with van der Waals surface area (Å²) in [5.41, 5.74) is 15.9. The van der Waals surface area contributed by atoms with Gasteiger partial charge in [-0.1, -0.05) is 126 Å². The van der Waals surface area contributed by atoms with Crippen molar-refractivity contribution in [2.24, 2.45) is 0 Å². The van der Waals surface area contributed by atoms with Crippen molar-refractivity contribution in [1.29, 1.82) is 0 Å². The Morgan fingerprint density at radius 2 is 1.36 bits per heavy atom. The van der Waals surface area contributed by atoms with Crippen LogP contribution in [0.15, 0.2) is 97.1 Å². The molecule has 2 aromatic heterocycles. The first-order valence-electron chi connectivity index (χ1n) is 17.1. The number of hydrogen-bond acceptors (Lipinski definition) is 1. The van der Waals surface area contributed by atoms with Crippen molar-refractivity contribution in [2.75, 3.05) is 0 Å². The summed E-state index contributed by atoms with van der Waals surface area (Å²) in [6.07, 6.45) is 2.19. The number of fused-ring (bicyclic) bond motifs is 9. The van der Waals surface area contributed by atoms with Gasteiger partial charge in [-0.25, -0.2) is 4.98 Å². The van der Waals surface area contributed by atoms with Crippen LogP contribution in [-0.2, 0) is 23.7 Å². The van der Waals surface area contributed by atoms with Crippen molar-refractivity contribution in [3.8, 4) is 5.69 Å². The summed E-state index contributed by atoms with van der Waals surface area (Å²) < 4.78 is 4.99. The fraction of sp³-hybridized carbons (Fsp3) is 0.233. The molecule has 0 spiro atoms. The number of hydrogen-bond donors (Lipinski definition) is 0. The number of aromatic nitrogens is 3. The summed E-state index contributed by atoms with van der Waals surface area (Å²) in [4.78, 5) is 5.53. The molecule has 228 valence electrons. The fourth-order valence-electron chi connectivity index (χ4n) is 8.73. The van der Waals surface area contributed by atoms with Gasteiger partial charge in [-0.05, 0) is 85.8 Å². The molecule has 3 nitrogen and oxygen atoms in total. The van der Waals surface area contributed by atoms with Gasteiger partial charge in [-0.15, -0.1) is 0 Å². The Hall–Kier alpha value is -4.83. The van der Waals surface area contributed by atoms with E-state index < -0.39 is 0 Å². The molecule has 0 N–H and O–H groups in total. The maximum Gasteiger partial charge on any atom is 0.246 e. The smallest absolute Gasteiger partial charge is 0.246 e. The summed E-state index contributed by atoms with van der Waals surface area (Å²) in [7, 11) is 0. The van der Waals surface area contributed by atoms with Gasteiger partial charge < -0.3 is 0 Å². The third kappa shape index (κ3) is 3.62. The van der Waals surface area contributed by atoms with Gasteiger partial charge in [0, 0.05) is 10.8 Å². The van der Waals surface area contributed by atoms with Crippen molar-refractivity contribution < 1.29 is 0 Å². The minimum Gasteiger partial charge on any atom is -0.280 e.